The van der Waals surface area contributed by atoms with Crippen LogP contribution in [0, 0.1) is 29.4 Å². The highest BCUT2D eigenvalue weighted by Gasteiger charge is 2.25. The molecule has 2 aromatic carbocycles. The highest BCUT2D eigenvalue weighted by molar-refractivity contribution is 5.65. The lowest BCUT2D eigenvalue weighted by Gasteiger charge is -2.32. The van der Waals surface area contributed by atoms with E-state index in [2.05, 4.69) is 26.0 Å². The average Bonchev–Trinajstić information content (AvgIpc) is 2.74. The first-order valence-electron chi connectivity index (χ1n) is 11.6. The maximum Gasteiger partial charge on any atom is 0.190 e. The zero-order valence-corrected chi connectivity index (χ0v) is 18.7. The van der Waals surface area contributed by atoms with E-state index >= 15 is 0 Å². The molecule has 1 nitrogen and oxygen atoms in total. The maximum atomic E-state index is 14.0. The third-order valence-electron chi connectivity index (χ3n) is 6.96. The summed E-state index contributed by atoms with van der Waals surface area (Å²) in [6, 6.07) is 10.8. The number of hydrogen-bond donors (Lipinski definition) is 0. The molecule has 0 spiro atoms. The van der Waals surface area contributed by atoms with Gasteiger partial charge < -0.3 is 4.74 Å². The van der Waals surface area contributed by atoms with E-state index in [0.717, 1.165) is 23.8 Å². The van der Waals surface area contributed by atoms with Crippen LogP contribution in [0.25, 0.3) is 11.1 Å². The largest absolute Gasteiger partial charge is 0.491 e. The smallest absolute Gasteiger partial charge is 0.190 e. The lowest BCUT2D eigenvalue weighted by Crippen LogP contribution is -2.21. The standard InChI is InChI=1S/C27H36F2O/c1-4-5-6-7-20-8-12-22(13-9-20)19(2)16-21-10-14-23(15-11-21)24-17-25(28)27(30-3)26(29)18-24/h10-11,14-15,17-20,22H,4-9,12-13,16H2,1-3H3. The second-order valence-electron chi connectivity index (χ2n) is 9.13. The minimum atomic E-state index is -0.671. The molecule has 164 valence electrons. The van der Waals surface area contributed by atoms with Gasteiger partial charge in [0.2, 0.25) is 0 Å². The summed E-state index contributed by atoms with van der Waals surface area (Å²) in [5.41, 5.74) is 2.65. The van der Waals surface area contributed by atoms with Gasteiger partial charge in [-0.05, 0) is 65.8 Å². The lowest BCUT2D eigenvalue weighted by molar-refractivity contribution is 0.204. The summed E-state index contributed by atoms with van der Waals surface area (Å²) in [6.45, 7) is 4.66. The summed E-state index contributed by atoms with van der Waals surface area (Å²) in [6.07, 6.45) is 12.1. The number of hydrogen-bond acceptors (Lipinski definition) is 1. The second kappa shape index (κ2) is 10.9. The second-order valence-corrected chi connectivity index (χ2v) is 9.13. The van der Waals surface area contributed by atoms with Crippen LogP contribution >= 0.6 is 0 Å². The molecule has 1 fully saturated rings. The molecule has 0 amide bonds. The third-order valence-corrected chi connectivity index (χ3v) is 6.96. The van der Waals surface area contributed by atoms with Crippen molar-refractivity contribution in [1.29, 1.82) is 0 Å². The van der Waals surface area contributed by atoms with Crippen LogP contribution in [0.1, 0.15) is 70.8 Å². The van der Waals surface area contributed by atoms with E-state index in [0.29, 0.717) is 11.5 Å². The van der Waals surface area contributed by atoms with Crippen LogP contribution in [0.15, 0.2) is 36.4 Å². The Morgan fingerprint density at radius 3 is 2.13 bits per heavy atom. The van der Waals surface area contributed by atoms with Crippen LogP contribution in [-0.2, 0) is 6.42 Å². The van der Waals surface area contributed by atoms with E-state index in [9.17, 15) is 8.78 Å². The Kier molecular flexibility index (Phi) is 8.30. The molecule has 0 aromatic heterocycles. The van der Waals surface area contributed by atoms with Crippen molar-refractivity contribution in [3.8, 4) is 16.9 Å². The predicted octanol–water partition coefficient (Wildman–Crippen LogP) is 8.21. The molecule has 30 heavy (non-hydrogen) atoms. The summed E-state index contributed by atoms with van der Waals surface area (Å²) < 4.78 is 32.8. The van der Waals surface area contributed by atoms with Gasteiger partial charge in [-0.3, -0.25) is 0 Å². The van der Waals surface area contributed by atoms with Gasteiger partial charge in [-0.2, -0.15) is 0 Å². The molecule has 0 bridgehead atoms. The number of rotatable bonds is 9. The first-order valence-corrected chi connectivity index (χ1v) is 11.6. The van der Waals surface area contributed by atoms with Gasteiger partial charge in [0.25, 0.3) is 0 Å². The molecule has 2 aromatic rings. The Morgan fingerprint density at radius 1 is 0.933 bits per heavy atom. The van der Waals surface area contributed by atoms with E-state index < -0.39 is 11.6 Å². The summed E-state index contributed by atoms with van der Waals surface area (Å²) >= 11 is 0. The van der Waals surface area contributed by atoms with E-state index in [-0.39, 0.29) is 5.75 Å². The summed E-state index contributed by atoms with van der Waals surface area (Å²) in [7, 11) is 1.27. The minimum Gasteiger partial charge on any atom is -0.491 e. The van der Waals surface area contributed by atoms with Gasteiger partial charge in [0.15, 0.2) is 17.4 Å². The van der Waals surface area contributed by atoms with Crippen molar-refractivity contribution in [2.75, 3.05) is 7.11 Å². The SMILES string of the molecule is CCCCCC1CCC(C(C)Cc2ccc(-c3cc(F)c(OC)c(F)c3)cc2)CC1. The monoisotopic (exact) mass is 414 g/mol. The molecule has 0 aliphatic heterocycles. The molecule has 1 aliphatic carbocycles. The van der Waals surface area contributed by atoms with Crippen LogP contribution in [0.3, 0.4) is 0 Å². The number of methoxy groups -OCH3 is 1. The van der Waals surface area contributed by atoms with Gasteiger partial charge in [0.05, 0.1) is 7.11 Å². The topological polar surface area (TPSA) is 9.23 Å². The Balaban J connectivity index is 1.55. The zero-order chi connectivity index (χ0) is 21.5. The fourth-order valence-corrected chi connectivity index (χ4v) is 5.02. The van der Waals surface area contributed by atoms with Gasteiger partial charge in [-0.25, -0.2) is 8.78 Å². The highest BCUT2D eigenvalue weighted by atomic mass is 19.1. The summed E-state index contributed by atoms with van der Waals surface area (Å²) in [4.78, 5) is 0. The molecule has 1 unspecified atom stereocenters. The normalized spacial score (nSPS) is 20.2. The van der Waals surface area contributed by atoms with E-state index in [1.54, 1.807) is 0 Å². The molecule has 1 atom stereocenters. The van der Waals surface area contributed by atoms with Crippen LogP contribution in [0.5, 0.6) is 5.75 Å². The Hall–Kier alpha value is -1.90. The van der Waals surface area contributed by atoms with Gasteiger partial charge in [-0.1, -0.05) is 76.6 Å². The average molecular weight is 415 g/mol. The van der Waals surface area contributed by atoms with E-state index in [1.165, 1.54) is 76.2 Å². The van der Waals surface area contributed by atoms with Crippen LogP contribution < -0.4 is 4.74 Å². The Labute approximate surface area is 180 Å². The maximum absolute atomic E-state index is 14.0. The minimum absolute atomic E-state index is 0.329. The van der Waals surface area contributed by atoms with E-state index in [4.69, 9.17) is 4.74 Å². The van der Waals surface area contributed by atoms with Gasteiger partial charge >= 0.3 is 0 Å². The van der Waals surface area contributed by atoms with Crippen molar-refractivity contribution >= 4 is 0 Å². The summed E-state index contributed by atoms with van der Waals surface area (Å²) in [5.74, 6) is 0.764. The molecule has 0 N–H and O–H groups in total. The highest BCUT2D eigenvalue weighted by Crippen LogP contribution is 2.37. The molecule has 3 heteroatoms. The molecule has 0 heterocycles. The first kappa shape index (κ1) is 22.8. The zero-order valence-electron chi connectivity index (χ0n) is 18.7. The molecular weight excluding hydrogens is 378 g/mol. The van der Waals surface area contributed by atoms with Gasteiger partial charge in [-0.15, -0.1) is 0 Å². The van der Waals surface area contributed by atoms with Crippen molar-refractivity contribution < 1.29 is 13.5 Å². The molecule has 1 aliphatic rings. The Morgan fingerprint density at radius 2 is 1.57 bits per heavy atom. The van der Waals surface area contributed by atoms with Crippen molar-refractivity contribution in [2.24, 2.45) is 17.8 Å². The quantitative estimate of drug-likeness (QED) is 0.376. The van der Waals surface area contributed by atoms with Gasteiger partial charge in [0, 0.05) is 0 Å². The van der Waals surface area contributed by atoms with Gasteiger partial charge in [0.1, 0.15) is 0 Å². The lowest BCUT2D eigenvalue weighted by atomic mass is 9.73. The van der Waals surface area contributed by atoms with Crippen LogP contribution in [-0.4, -0.2) is 7.11 Å². The van der Waals surface area contributed by atoms with E-state index in [1.807, 2.05) is 12.1 Å². The number of benzene rings is 2. The number of halogens is 2. The van der Waals surface area contributed by atoms with Crippen LogP contribution in [0.4, 0.5) is 8.78 Å². The molecule has 0 radical (unpaired) electrons. The fourth-order valence-electron chi connectivity index (χ4n) is 5.02. The number of ether oxygens (including phenoxy) is 1. The third kappa shape index (κ3) is 5.83. The molecule has 1 saturated carbocycles. The Bertz CT molecular complexity index is 768. The molecule has 3 rings (SSSR count). The van der Waals surface area contributed by atoms with Crippen molar-refractivity contribution in [2.45, 2.75) is 71.6 Å². The van der Waals surface area contributed by atoms with Crippen molar-refractivity contribution in [3.63, 3.8) is 0 Å². The molecule has 0 saturated heterocycles. The molecular formula is C27H36F2O. The predicted molar refractivity (Wildman–Crippen MR) is 121 cm³/mol. The summed E-state index contributed by atoms with van der Waals surface area (Å²) in [5, 5.41) is 0. The number of unbranched alkanes of at least 4 members (excludes halogenated alkanes) is 2. The fraction of sp³-hybridized carbons (Fsp3) is 0.556. The first-order chi connectivity index (χ1) is 14.5. The van der Waals surface area contributed by atoms with Crippen molar-refractivity contribution in [3.05, 3.63) is 53.6 Å². The van der Waals surface area contributed by atoms with Crippen LogP contribution in [0.2, 0.25) is 0 Å². The van der Waals surface area contributed by atoms with Crippen molar-refractivity contribution in [1.82, 2.24) is 0 Å².